The molecular formula is C21H21Cl2N3OS. The summed E-state index contributed by atoms with van der Waals surface area (Å²) in [5, 5.41) is 13.4. The van der Waals surface area contributed by atoms with E-state index in [4.69, 9.17) is 28.2 Å². The van der Waals surface area contributed by atoms with E-state index in [9.17, 15) is 10.1 Å². The summed E-state index contributed by atoms with van der Waals surface area (Å²) >= 11 is 13.5. The number of halogens is 2. The predicted molar refractivity (Wildman–Crippen MR) is 115 cm³/mol. The molecule has 3 rings (SSSR count). The van der Waals surface area contributed by atoms with Crippen molar-refractivity contribution in [2.45, 2.75) is 55.7 Å². The molecule has 28 heavy (non-hydrogen) atoms. The summed E-state index contributed by atoms with van der Waals surface area (Å²) in [5.74, 6) is -0.183. The van der Waals surface area contributed by atoms with Crippen molar-refractivity contribution in [3.8, 4) is 6.07 Å². The highest BCUT2D eigenvalue weighted by molar-refractivity contribution is 8.00. The number of rotatable bonds is 5. The average Bonchev–Trinajstić information content (AvgIpc) is 2.93. The van der Waals surface area contributed by atoms with Gasteiger partial charge < -0.3 is 5.32 Å². The number of nitrogens with zero attached hydrogens (tertiary/aromatic N) is 2. The molecule has 4 nitrogen and oxygen atoms in total. The van der Waals surface area contributed by atoms with Crippen LogP contribution < -0.4 is 5.32 Å². The van der Waals surface area contributed by atoms with Crippen molar-refractivity contribution in [2.24, 2.45) is 0 Å². The SMILES string of the molecule is CCC(Sc1nc2c(cc1C#N)CCCCC2)C(=O)Nc1cccc(Cl)c1Cl. The number of carbonyl (C=O) groups excluding carboxylic acids is 1. The van der Waals surface area contributed by atoms with E-state index in [2.05, 4.69) is 11.4 Å². The van der Waals surface area contributed by atoms with E-state index in [0.717, 1.165) is 31.4 Å². The molecule has 1 heterocycles. The minimum Gasteiger partial charge on any atom is -0.324 e. The van der Waals surface area contributed by atoms with Crippen LogP contribution in [-0.4, -0.2) is 16.1 Å². The molecule has 1 aromatic carbocycles. The number of benzene rings is 1. The lowest BCUT2D eigenvalue weighted by molar-refractivity contribution is -0.115. The van der Waals surface area contributed by atoms with Gasteiger partial charge in [0.15, 0.2) is 0 Å². The smallest absolute Gasteiger partial charge is 0.237 e. The first-order chi connectivity index (χ1) is 13.5. The number of amides is 1. The molecule has 2 aromatic rings. The van der Waals surface area contributed by atoms with Gasteiger partial charge in [0.2, 0.25) is 5.91 Å². The molecule has 146 valence electrons. The lowest BCUT2D eigenvalue weighted by Crippen LogP contribution is -2.25. The molecule has 7 heteroatoms. The second-order valence-corrected chi connectivity index (χ2v) is 8.70. The zero-order valence-corrected chi connectivity index (χ0v) is 17.9. The second-order valence-electron chi connectivity index (χ2n) is 6.72. The monoisotopic (exact) mass is 433 g/mol. The standard InChI is InChI=1S/C21H21Cl2N3OS/c1-2-18(20(27)25-17-10-6-8-15(22)19(17)23)28-21-14(12-24)11-13-7-4-3-5-9-16(13)26-21/h6,8,10-11,18H,2-5,7,9H2,1H3,(H,25,27). The van der Waals surface area contributed by atoms with Gasteiger partial charge in [-0.15, -0.1) is 0 Å². The number of aryl methyl sites for hydroxylation is 2. The second kappa shape index (κ2) is 9.65. The van der Waals surface area contributed by atoms with E-state index >= 15 is 0 Å². The molecule has 1 unspecified atom stereocenters. The Morgan fingerprint density at radius 3 is 2.86 bits per heavy atom. The van der Waals surface area contributed by atoms with Crippen LogP contribution in [0.3, 0.4) is 0 Å². The van der Waals surface area contributed by atoms with Gasteiger partial charge in [0.25, 0.3) is 0 Å². The molecule has 1 aliphatic rings. The van der Waals surface area contributed by atoms with Crippen LogP contribution in [0.4, 0.5) is 5.69 Å². The zero-order valence-electron chi connectivity index (χ0n) is 15.6. The summed E-state index contributed by atoms with van der Waals surface area (Å²) in [6, 6.07) is 9.32. The van der Waals surface area contributed by atoms with Crippen molar-refractivity contribution in [3.05, 3.63) is 51.1 Å². The maximum Gasteiger partial charge on any atom is 0.237 e. The molecular weight excluding hydrogens is 413 g/mol. The molecule has 0 saturated heterocycles. The first kappa shape index (κ1) is 21.0. The van der Waals surface area contributed by atoms with Crippen LogP contribution in [0.5, 0.6) is 0 Å². The van der Waals surface area contributed by atoms with E-state index in [1.165, 1.54) is 23.7 Å². The normalized spacial score (nSPS) is 14.5. The lowest BCUT2D eigenvalue weighted by atomic mass is 10.1. The third kappa shape index (κ3) is 4.81. The van der Waals surface area contributed by atoms with Crippen molar-refractivity contribution in [1.82, 2.24) is 4.98 Å². The van der Waals surface area contributed by atoms with E-state index in [-0.39, 0.29) is 5.91 Å². The Hall–Kier alpha value is -1.74. The largest absolute Gasteiger partial charge is 0.324 e. The fraction of sp³-hybridized carbons (Fsp3) is 0.381. The van der Waals surface area contributed by atoms with Crippen molar-refractivity contribution < 1.29 is 4.79 Å². The van der Waals surface area contributed by atoms with Gasteiger partial charge in [-0.3, -0.25) is 4.79 Å². The summed E-state index contributed by atoms with van der Waals surface area (Å²) in [4.78, 5) is 17.6. The van der Waals surface area contributed by atoms with Crippen LogP contribution >= 0.6 is 35.0 Å². The molecule has 0 radical (unpaired) electrons. The Bertz CT molecular complexity index is 927. The number of carbonyl (C=O) groups is 1. The Balaban J connectivity index is 1.82. The van der Waals surface area contributed by atoms with E-state index in [1.54, 1.807) is 18.2 Å². The first-order valence-corrected chi connectivity index (χ1v) is 11.0. The molecule has 0 spiro atoms. The molecule has 1 aromatic heterocycles. The number of fused-ring (bicyclic) bond motifs is 1. The van der Waals surface area contributed by atoms with Gasteiger partial charge in [-0.2, -0.15) is 5.26 Å². The molecule has 1 amide bonds. The summed E-state index contributed by atoms with van der Waals surface area (Å²) in [6.45, 7) is 1.94. The Labute approximate surface area is 179 Å². The average molecular weight is 434 g/mol. The number of aromatic nitrogens is 1. The highest BCUT2D eigenvalue weighted by atomic mass is 35.5. The molecule has 1 aliphatic carbocycles. The maximum atomic E-state index is 12.8. The van der Waals surface area contributed by atoms with Gasteiger partial charge in [0, 0.05) is 5.69 Å². The Morgan fingerprint density at radius 2 is 2.11 bits per heavy atom. The molecule has 1 atom stereocenters. The Kier molecular flexibility index (Phi) is 7.23. The summed E-state index contributed by atoms with van der Waals surface area (Å²) in [6.07, 6.45) is 5.91. The molecule has 1 N–H and O–H groups in total. The van der Waals surface area contributed by atoms with Crippen molar-refractivity contribution in [1.29, 1.82) is 5.26 Å². The van der Waals surface area contributed by atoms with Crippen LogP contribution in [0.2, 0.25) is 10.0 Å². The van der Waals surface area contributed by atoms with Crippen LogP contribution in [0.25, 0.3) is 0 Å². The van der Waals surface area contributed by atoms with Gasteiger partial charge >= 0.3 is 0 Å². The number of thioether (sulfide) groups is 1. The Morgan fingerprint density at radius 1 is 1.32 bits per heavy atom. The number of hydrogen-bond donors (Lipinski definition) is 1. The van der Waals surface area contributed by atoms with Crippen LogP contribution in [0.1, 0.15) is 49.4 Å². The quantitative estimate of drug-likeness (QED) is 0.460. The number of anilines is 1. The third-order valence-corrected chi connectivity index (χ3v) is 6.95. The van der Waals surface area contributed by atoms with Crippen molar-refractivity contribution in [2.75, 3.05) is 5.32 Å². The summed E-state index contributed by atoms with van der Waals surface area (Å²) < 4.78 is 0. The summed E-state index contributed by atoms with van der Waals surface area (Å²) in [5.41, 5.74) is 3.25. The minimum absolute atomic E-state index is 0.183. The number of nitrogens with one attached hydrogen (secondary N) is 1. The van der Waals surface area contributed by atoms with Gasteiger partial charge in [0.05, 0.1) is 26.5 Å². The molecule has 0 fully saturated rings. The highest BCUT2D eigenvalue weighted by Gasteiger charge is 2.23. The maximum absolute atomic E-state index is 12.8. The fourth-order valence-electron chi connectivity index (χ4n) is 3.23. The van der Waals surface area contributed by atoms with Gasteiger partial charge in [0.1, 0.15) is 11.1 Å². The van der Waals surface area contributed by atoms with Crippen LogP contribution in [0, 0.1) is 11.3 Å². The third-order valence-electron chi connectivity index (χ3n) is 4.76. The van der Waals surface area contributed by atoms with Crippen LogP contribution in [0.15, 0.2) is 29.3 Å². The van der Waals surface area contributed by atoms with Crippen molar-refractivity contribution in [3.63, 3.8) is 0 Å². The topological polar surface area (TPSA) is 65.8 Å². The number of pyridine rings is 1. The van der Waals surface area contributed by atoms with Gasteiger partial charge in [-0.05, 0) is 55.9 Å². The summed E-state index contributed by atoms with van der Waals surface area (Å²) in [7, 11) is 0. The minimum atomic E-state index is -0.390. The molecule has 0 saturated carbocycles. The van der Waals surface area contributed by atoms with E-state index < -0.39 is 5.25 Å². The lowest BCUT2D eigenvalue weighted by Gasteiger charge is -2.17. The molecule has 0 aliphatic heterocycles. The van der Waals surface area contributed by atoms with E-state index in [1.807, 2.05) is 13.0 Å². The van der Waals surface area contributed by atoms with Crippen molar-refractivity contribution >= 4 is 46.6 Å². The zero-order chi connectivity index (χ0) is 20.1. The van der Waals surface area contributed by atoms with Crippen LogP contribution in [-0.2, 0) is 17.6 Å². The highest BCUT2D eigenvalue weighted by Crippen LogP contribution is 2.33. The van der Waals surface area contributed by atoms with E-state index in [0.29, 0.717) is 32.7 Å². The first-order valence-electron chi connectivity index (χ1n) is 9.38. The van der Waals surface area contributed by atoms with Gasteiger partial charge in [-0.25, -0.2) is 4.98 Å². The molecule has 0 bridgehead atoms. The number of hydrogen-bond acceptors (Lipinski definition) is 4. The van der Waals surface area contributed by atoms with Gasteiger partial charge in [-0.1, -0.05) is 54.4 Å². The fourth-order valence-corrected chi connectivity index (χ4v) is 4.58. The predicted octanol–water partition coefficient (Wildman–Crippen LogP) is 6.04. The number of nitriles is 1.